The molecule has 0 bridgehead atoms. The molecule has 0 unspecified atom stereocenters. The van der Waals surface area contributed by atoms with Crippen LogP contribution < -0.4 is 15.5 Å². The van der Waals surface area contributed by atoms with Gasteiger partial charge in [-0.05, 0) is 19.5 Å². The molecule has 1 aliphatic heterocycles. The third-order valence-electron chi connectivity index (χ3n) is 3.04. The highest BCUT2D eigenvalue weighted by atomic mass is 16.3. The summed E-state index contributed by atoms with van der Waals surface area (Å²) >= 11 is 0. The number of anilines is 2. The SMILES string of the molecule is CNC1CN(c2ccnc(NCCCO)c2)C1. The largest absolute Gasteiger partial charge is 0.396 e. The van der Waals surface area contributed by atoms with Gasteiger partial charge in [-0.3, -0.25) is 0 Å². The van der Waals surface area contributed by atoms with Crippen LogP contribution in [0.15, 0.2) is 18.3 Å². The van der Waals surface area contributed by atoms with Crippen molar-refractivity contribution in [3.63, 3.8) is 0 Å². The van der Waals surface area contributed by atoms with Gasteiger partial charge in [0.15, 0.2) is 0 Å². The highest BCUT2D eigenvalue weighted by Gasteiger charge is 2.25. The van der Waals surface area contributed by atoms with Crippen molar-refractivity contribution in [2.24, 2.45) is 0 Å². The highest BCUT2D eigenvalue weighted by Crippen LogP contribution is 2.22. The summed E-state index contributed by atoms with van der Waals surface area (Å²) in [5.74, 6) is 0.879. The molecule has 1 aliphatic rings. The second-order valence-electron chi connectivity index (χ2n) is 4.29. The second-order valence-corrected chi connectivity index (χ2v) is 4.29. The molecule has 0 atom stereocenters. The molecule has 0 aromatic carbocycles. The van der Waals surface area contributed by atoms with Gasteiger partial charge in [-0.2, -0.15) is 0 Å². The summed E-state index contributed by atoms with van der Waals surface area (Å²) in [6, 6.07) is 4.70. The maximum absolute atomic E-state index is 8.71. The van der Waals surface area contributed by atoms with E-state index >= 15 is 0 Å². The molecule has 17 heavy (non-hydrogen) atoms. The molecule has 0 saturated carbocycles. The number of nitrogens with one attached hydrogen (secondary N) is 2. The molecule has 94 valence electrons. The molecule has 2 rings (SSSR count). The van der Waals surface area contributed by atoms with E-state index < -0.39 is 0 Å². The fourth-order valence-corrected chi connectivity index (χ4v) is 1.88. The zero-order valence-corrected chi connectivity index (χ0v) is 10.2. The van der Waals surface area contributed by atoms with Crippen LogP contribution in [0.5, 0.6) is 0 Å². The van der Waals surface area contributed by atoms with Crippen molar-refractivity contribution >= 4 is 11.5 Å². The Morgan fingerprint density at radius 3 is 3.06 bits per heavy atom. The topological polar surface area (TPSA) is 60.4 Å². The number of aliphatic hydroxyl groups is 1. The number of likely N-dealkylation sites (N-methyl/N-ethyl adjacent to an activating group) is 1. The van der Waals surface area contributed by atoms with Gasteiger partial charge in [-0.1, -0.05) is 0 Å². The molecule has 3 N–H and O–H groups in total. The lowest BCUT2D eigenvalue weighted by Gasteiger charge is -2.40. The summed E-state index contributed by atoms with van der Waals surface area (Å²) in [4.78, 5) is 6.58. The summed E-state index contributed by atoms with van der Waals surface area (Å²) in [6.07, 6.45) is 2.57. The molecule has 0 spiro atoms. The molecule has 0 radical (unpaired) electrons. The molecule has 0 amide bonds. The molecule has 1 aromatic rings. The number of hydrogen-bond acceptors (Lipinski definition) is 5. The van der Waals surface area contributed by atoms with Crippen LogP contribution in [0.1, 0.15) is 6.42 Å². The predicted molar refractivity (Wildman–Crippen MR) is 69.5 cm³/mol. The first-order chi connectivity index (χ1) is 8.33. The van der Waals surface area contributed by atoms with Crippen LogP contribution in [-0.2, 0) is 0 Å². The summed E-state index contributed by atoms with van der Waals surface area (Å²) in [6.45, 7) is 3.07. The summed E-state index contributed by atoms with van der Waals surface area (Å²) < 4.78 is 0. The Labute approximate surface area is 102 Å². The number of hydrogen-bond donors (Lipinski definition) is 3. The van der Waals surface area contributed by atoms with Crippen molar-refractivity contribution in [1.29, 1.82) is 0 Å². The van der Waals surface area contributed by atoms with Crippen LogP contribution in [-0.4, -0.2) is 49.4 Å². The smallest absolute Gasteiger partial charge is 0.127 e. The standard InChI is InChI=1S/C12H20N4O/c1-13-10-8-16(9-10)11-3-5-15-12(7-11)14-4-2-6-17/h3,5,7,10,13,17H,2,4,6,8-9H2,1H3,(H,14,15). The van der Waals surface area contributed by atoms with Crippen molar-refractivity contribution in [1.82, 2.24) is 10.3 Å². The van der Waals surface area contributed by atoms with E-state index in [2.05, 4.69) is 26.6 Å². The van der Waals surface area contributed by atoms with Gasteiger partial charge in [0.25, 0.3) is 0 Å². The Bertz CT molecular complexity index is 352. The fraction of sp³-hybridized carbons (Fsp3) is 0.583. The molecule has 2 heterocycles. The summed E-state index contributed by atoms with van der Waals surface area (Å²) in [7, 11) is 2.00. The fourth-order valence-electron chi connectivity index (χ4n) is 1.88. The van der Waals surface area contributed by atoms with Crippen molar-refractivity contribution in [3.05, 3.63) is 18.3 Å². The van der Waals surface area contributed by atoms with Gasteiger partial charge in [0.05, 0.1) is 0 Å². The van der Waals surface area contributed by atoms with Crippen LogP contribution >= 0.6 is 0 Å². The van der Waals surface area contributed by atoms with Crippen LogP contribution in [0, 0.1) is 0 Å². The van der Waals surface area contributed by atoms with E-state index in [-0.39, 0.29) is 6.61 Å². The molecule has 1 aromatic heterocycles. The molecular formula is C12H20N4O. The van der Waals surface area contributed by atoms with Gasteiger partial charge in [-0.25, -0.2) is 4.98 Å². The second kappa shape index (κ2) is 5.84. The summed E-state index contributed by atoms with van der Waals surface area (Å²) in [5.41, 5.74) is 1.21. The Morgan fingerprint density at radius 2 is 2.35 bits per heavy atom. The van der Waals surface area contributed by atoms with Gasteiger partial charge in [0, 0.05) is 50.2 Å². The van der Waals surface area contributed by atoms with Gasteiger partial charge in [0.2, 0.25) is 0 Å². The van der Waals surface area contributed by atoms with Crippen molar-refractivity contribution < 1.29 is 5.11 Å². The third-order valence-corrected chi connectivity index (χ3v) is 3.04. The first-order valence-electron chi connectivity index (χ1n) is 6.06. The number of aliphatic hydroxyl groups excluding tert-OH is 1. The van der Waals surface area contributed by atoms with Crippen LogP contribution in [0.4, 0.5) is 11.5 Å². The lowest BCUT2D eigenvalue weighted by molar-refractivity contribution is 0.292. The number of rotatable bonds is 6. The molecule has 5 nitrogen and oxygen atoms in total. The minimum absolute atomic E-state index is 0.211. The average molecular weight is 236 g/mol. The van der Waals surface area contributed by atoms with Crippen LogP contribution in [0.2, 0.25) is 0 Å². The summed E-state index contributed by atoms with van der Waals surface area (Å²) in [5, 5.41) is 15.2. The van der Waals surface area contributed by atoms with Crippen molar-refractivity contribution in [3.8, 4) is 0 Å². The van der Waals surface area contributed by atoms with E-state index in [1.54, 1.807) is 0 Å². The van der Waals surface area contributed by atoms with E-state index in [0.29, 0.717) is 6.04 Å². The van der Waals surface area contributed by atoms with Crippen LogP contribution in [0.3, 0.4) is 0 Å². The third kappa shape index (κ3) is 3.08. The molecular weight excluding hydrogens is 216 g/mol. The van der Waals surface area contributed by atoms with E-state index in [1.165, 1.54) is 5.69 Å². The normalized spacial score (nSPS) is 15.8. The van der Waals surface area contributed by atoms with E-state index in [9.17, 15) is 0 Å². The van der Waals surface area contributed by atoms with Crippen molar-refractivity contribution in [2.45, 2.75) is 12.5 Å². The lowest BCUT2D eigenvalue weighted by atomic mass is 10.1. The quantitative estimate of drug-likeness (QED) is 0.620. The Morgan fingerprint density at radius 1 is 1.53 bits per heavy atom. The predicted octanol–water partition coefficient (Wildman–Crippen LogP) is 0.284. The number of pyridine rings is 1. The number of nitrogens with zero attached hydrogens (tertiary/aromatic N) is 2. The van der Waals surface area contributed by atoms with Gasteiger partial charge < -0.3 is 20.6 Å². The first-order valence-corrected chi connectivity index (χ1v) is 6.06. The maximum Gasteiger partial charge on any atom is 0.127 e. The first kappa shape index (κ1) is 12.1. The molecule has 1 fully saturated rings. The van der Waals surface area contributed by atoms with E-state index in [4.69, 9.17) is 5.11 Å². The number of aromatic nitrogens is 1. The molecule has 5 heteroatoms. The maximum atomic E-state index is 8.71. The Kier molecular flexibility index (Phi) is 4.17. The average Bonchev–Trinajstić information content (AvgIpc) is 2.29. The van der Waals surface area contributed by atoms with E-state index in [0.717, 1.165) is 31.9 Å². The zero-order chi connectivity index (χ0) is 12.1. The Hall–Kier alpha value is -1.33. The van der Waals surface area contributed by atoms with E-state index in [1.807, 2.05) is 19.3 Å². The van der Waals surface area contributed by atoms with Gasteiger partial charge >= 0.3 is 0 Å². The van der Waals surface area contributed by atoms with Crippen molar-refractivity contribution in [2.75, 3.05) is 43.5 Å². The lowest BCUT2D eigenvalue weighted by Crippen LogP contribution is -2.57. The van der Waals surface area contributed by atoms with Gasteiger partial charge in [0.1, 0.15) is 5.82 Å². The minimum Gasteiger partial charge on any atom is -0.396 e. The molecule has 0 aliphatic carbocycles. The highest BCUT2D eigenvalue weighted by molar-refractivity contribution is 5.55. The Balaban J connectivity index is 1.88. The van der Waals surface area contributed by atoms with Crippen LogP contribution in [0.25, 0.3) is 0 Å². The monoisotopic (exact) mass is 236 g/mol. The zero-order valence-electron chi connectivity index (χ0n) is 10.2. The van der Waals surface area contributed by atoms with Gasteiger partial charge in [-0.15, -0.1) is 0 Å². The molecule has 1 saturated heterocycles. The minimum atomic E-state index is 0.211.